The van der Waals surface area contributed by atoms with E-state index in [1.54, 1.807) is 19.2 Å². The Hall–Kier alpha value is -1.55. The SMILES string of the molecule is COc1ccccc1C(=O)O[C@H]1C[C@H](C)N(C)C[C@H]1C. The molecular weight excluding hydrogens is 254 g/mol. The van der Waals surface area contributed by atoms with Crippen molar-refractivity contribution < 1.29 is 14.3 Å². The first-order valence-corrected chi connectivity index (χ1v) is 7.07. The van der Waals surface area contributed by atoms with Crippen molar-refractivity contribution in [2.75, 3.05) is 20.7 Å². The summed E-state index contributed by atoms with van der Waals surface area (Å²) in [6.45, 7) is 5.24. The maximum atomic E-state index is 12.3. The molecule has 0 N–H and O–H groups in total. The number of nitrogens with zero attached hydrogens (tertiary/aromatic N) is 1. The molecule has 3 atom stereocenters. The molecule has 1 saturated heterocycles. The highest BCUT2D eigenvalue weighted by Crippen LogP contribution is 2.26. The molecule has 4 heteroatoms. The summed E-state index contributed by atoms with van der Waals surface area (Å²) in [5.74, 6) is 0.608. The van der Waals surface area contributed by atoms with Gasteiger partial charge in [-0.3, -0.25) is 0 Å². The van der Waals surface area contributed by atoms with Crippen LogP contribution in [-0.2, 0) is 4.74 Å². The molecule has 2 rings (SSSR count). The minimum atomic E-state index is -0.295. The number of ether oxygens (including phenoxy) is 2. The molecule has 0 aromatic heterocycles. The number of methoxy groups -OCH3 is 1. The fraction of sp³-hybridized carbons (Fsp3) is 0.562. The maximum absolute atomic E-state index is 12.3. The maximum Gasteiger partial charge on any atom is 0.342 e. The number of hydrogen-bond donors (Lipinski definition) is 0. The molecule has 20 heavy (non-hydrogen) atoms. The van der Waals surface area contributed by atoms with E-state index in [1.807, 2.05) is 12.1 Å². The average molecular weight is 277 g/mol. The molecule has 1 fully saturated rings. The van der Waals surface area contributed by atoms with Gasteiger partial charge in [0.15, 0.2) is 0 Å². The van der Waals surface area contributed by atoms with Crippen LogP contribution in [0.2, 0.25) is 0 Å². The summed E-state index contributed by atoms with van der Waals surface area (Å²) in [5.41, 5.74) is 0.494. The van der Waals surface area contributed by atoms with E-state index in [2.05, 4.69) is 25.8 Å². The van der Waals surface area contributed by atoms with Gasteiger partial charge >= 0.3 is 5.97 Å². The second-order valence-corrected chi connectivity index (χ2v) is 5.65. The van der Waals surface area contributed by atoms with Crippen LogP contribution in [0.1, 0.15) is 30.6 Å². The summed E-state index contributed by atoms with van der Waals surface area (Å²) in [5, 5.41) is 0. The number of hydrogen-bond acceptors (Lipinski definition) is 4. The number of carbonyl (C=O) groups is 1. The van der Waals surface area contributed by atoms with Gasteiger partial charge in [-0.2, -0.15) is 0 Å². The van der Waals surface area contributed by atoms with Crippen molar-refractivity contribution >= 4 is 5.97 Å². The Morgan fingerprint density at radius 2 is 2.00 bits per heavy atom. The van der Waals surface area contributed by atoms with E-state index in [0.29, 0.717) is 23.3 Å². The number of para-hydroxylation sites is 1. The second-order valence-electron chi connectivity index (χ2n) is 5.65. The van der Waals surface area contributed by atoms with Crippen LogP contribution in [0.15, 0.2) is 24.3 Å². The Balaban J connectivity index is 2.07. The van der Waals surface area contributed by atoms with Crippen LogP contribution in [0.5, 0.6) is 5.75 Å². The predicted octanol–water partition coefficient (Wildman–Crippen LogP) is 2.58. The summed E-state index contributed by atoms with van der Waals surface area (Å²) >= 11 is 0. The predicted molar refractivity (Wildman–Crippen MR) is 78.1 cm³/mol. The number of esters is 1. The topological polar surface area (TPSA) is 38.8 Å². The van der Waals surface area contributed by atoms with Crippen molar-refractivity contribution in [1.82, 2.24) is 4.90 Å². The van der Waals surface area contributed by atoms with Gasteiger partial charge in [-0.15, -0.1) is 0 Å². The molecule has 0 radical (unpaired) electrons. The molecule has 0 aliphatic carbocycles. The largest absolute Gasteiger partial charge is 0.496 e. The highest BCUT2D eigenvalue weighted by molar-refractivity contribution is 5.92. The first-order valence-electron chi connectivity index (χ1n) is 7.07. The summed E-state index contributed by atoms with van der Waals surface area (Å²) in [6, 6.07) is 7.61. The van der Waals surface area contributed by atoms with Gasteiger partial charge in [-0.25, -0.2) is 4.79 Å². The molecule has 0 saturated carbocycles. The second kappa shape index (κ2) is 6.27. The van der Waals surface area contributed by atoms with Crippen LogP contribution >= 0.6 is 0 Å². The normalized spacial score (nSPS) is 27.1. The monoisotopic (exact) mass is 277 g/mol. The molecule has 1 aliphatic rings. The van der Waals surface area contributed by atoms with Gasteiger partial charge in [0.05, 0.1) is 7.11 Å². The van der Waals surface area contributed by atoms with Crippen molar-refractivity contribution in [2.24, 2.45) is 5.92 Å². The minimum absolute atomic E-state index is 0.0291. The van der Waals surface area contributed by atoms with Crippen molar-refractivity contribution in [3.05, 3.63) is 29.8 Å². The third-order valence-corrected chi connectivity index (χ3v) is 4.12. The van der Waals surface area contributed by atoms with Crippen LogP contribution in [-0.4, -0.2) is 43.7 Å². The fourth-order valence-corrected chi connectivity index (χ4v) is 2.68. The average Bonchev–Trinajstić information content (AvgIpc) is 2.44. The zero-order chi connectivity index (χ0) is 14.7. The molecular formula is C16H23NO3. The van der Waals surface area contributed by atoms with Crippen LogP contribution in [0.4, 0.5) is 0 Å². The third-order valence-electron chi connectivity index (χ3n) is 4.12. The minimum Gasteiger partial charge on any atom is -0.496 e. The highest BCUT2D eigenvalue weighted by Gasteiger charge is 2.32. The summed E-state index contributed by atoms with van der Waals surface area (Å²) in [6.07, 6.45) is 0.845. The summed E-state index contributed by atoms with van der Waals surface area (Å²) in [7, 11) is 3.67. The van der Waals surface area contributed by atoms with Crippen LogP contribution in [0, 0.1) is 5.92 Å². The van der Waals surface area contributed by atoms with Crippen molar-refractivity contribution in [1.29, 1.82) is 0 Å². The standard InChI is InChI=1S/C16H23NO3/c1-11-10-17(3)12(2)9-15(11)20-16(18)13-7-5-6-8-14(13)19-4/h5-8,11-12,15H,9-10H2,1-4H3/t11-,12+,15+/m1/s1. The Labute approximate surface area is 120 Å². The Morgan fingerprint density at radius 3 is 2.70 bits per heavy atom. The fourth-order valence-electron chi connectivity index (χ4n) is 2.68. The smallest absolute Gasteiger partial charge is 0.342 e. The van der Waals surface area contributed by atoms with E-state index >= 15 is 0 Å². The molecule has 0 spiro atoms. The van der Waals surface area contributed by atoms with E-state index < -0.39 is 0 Å². The molecule has 0 bridgehead atoms. The number of carbonyl (C=O) groups excluding carboxylic acids is 1. The number of piperidine rings is 1. The lowest BCUT2D eigenvalue weighted by Gasteiger charge is -2.39. The van der Waals surface area contributed by atoms with Crippen LogP contribution in [0.25, 0.3) is 0 Å². The van der Waals surface area contributed by atoms with Crippen LogP contribution in [0.3, 0.4) is 0 Å². The zero-order valence-corrected chi connectivity index (χ0v) is 12.6. The number of likely N-dealkylation sites (tertiary alicyclic amines) is 1. The first-order chi connectivity index (χ1) is 9.52. The van der Waals surface area contributed by atoms with Gasteiger partial charge in [0.1, 0.15) is 17.4 Å². The molecule has 4 nitrogen and oxygen atoms in total. The van der Waals surface area contributed by atoms with Gasteiger partial charge in [-0.05, 0) is 32.5 Å². The Kier molecular flexibility index (Phi) is 4.65. The third kappa shape index (κ3) is 3.12. The van der Waals surface area contributed by atoms with E-state index in [-0.39, 0.29) is 12.1 Å². The zero-order valence-electron chi connectivity index (χ0n) is 12.6. The quantitative estimate of drug-likeness (QED) is 0.796. The molecule has 1 aliphatic heterocycles. The molecule has 1 aromatic carbocycles. The highest BCUT2D eigenvalue weighted by atomic mass is 16.5. The van der Waals surface area contributed by atoms with E-state index in [9.17, 15) is 4.79 Å². The van der Waals surface area contributed by atoms with E-state index in [4.69, 9.17) is 9.47 Å². The lowest BCUT2D eigenvalue weighted by Crippen LogP contribution is -2.46. The summed E-state index contributed by atoms with van der Waals surface area (Å²) in [4.78, 5) is 14.6. The number of benzene rings is 1. The first kappa shape index (κ1) is 14.9. The van der Waals surface area contributed by atoms with Gasteiger partial charge in [0, 0.05) is 18.5 Å². The molecule has 110 valence electrons. The Bertz CT molecular complexity index is 475. The molecule has 1 heterocycles. The molecule has 0 unspecified atom stereocenters. The van der Waals surface area contributed by atoms with Crippen molar-refractivity contribution in [3.63, 3.8) is 0 Å². The van der Waals surface area contributed by atoms with E-state index in [1.165, 1.54) is 0 Å². The summed E-state index contributed by atoms with van der Waals surface area (Å²) < 4.78 is 10.9. The molecule has 0 amide bonds. The van der Waals surface area contributed by atoms with E-state index in [0.717, 1.165) is 13.0 Å². The van der Waals surface area contributed by atoms with Crippen LogP contribution < -0.4 is 4.74 Å². The molecule has 1 aromatic rings. The lowest BCUT2D eigenvalue weighted by molar-refractivity contribution is -0.0198. The van der Waals surface area contributed by atoms with Gasteiger partial charge in [-0.1, -0.05) is 19.1 Å². The number of rotatable bonds is 3. The van der Waals surface area contributed by atoms with Gasteiger partial charge in [0.25, 0.3) is 0 Å². The van der Waals surface area contributed by atoms with Gasteiger partial charge in [0.2, 0.25) is 0 Å². The van der Waals surface area contributed by atoms with Crippen molar-refractivity contribution in [3.8, 4) is 5.75 Å². The van der Waals surface area contributed by atoms with Gasteiger partial charge < -0.3 is 14.4 Å². The van der Waals surface area contributed by atoms with Crippen molar-refractivity contribution in [2.45, 2.75) is 32.4 Å². The Morgan fingerprint density at radius 1 is 1.30 bits per heavy atom. The lowest BCUT2D eigenvalue weighted by atomic mass is 9.92.